The molecule has 0 aliphatic carbocycles. The van der Waals surface area contributed by atoms with Crippen molar-refractivity contribution >= 4 is 23.0 Å². The Labute approximate surface area is 150 Å². The van der Waals surface area contributed by atoms with E-state index in [1.807, 2.05) is 6.07 Å². The maximum absolute atomic E-state index is 5.85. The predicted octanol–water partition coefficient (Wildman–Crippen LogP) is 4.67. The van der Waals surface area contributed by atoms with Crippen LogP contribution in [0.5, 0.6) is 5.75 Å². The van der Waals surface area contributed by atoms with E-state index >= 15 is 0 Å². The molecule has 0 radical (unpaired) electrons. The van der Waals surface area contributed by atoms with Crippen LogP contribution in [-0.4, -0.2) is 17.8 Å². The second kappa shape index (κ2) is 8.15. The van der Waals surface area contributed by atoms with Gasteiger partial charge in [-0.3, -0.25) is 0 Å². The number of thiocarbonyl (C=S) groups is 1. The lowest BCUT2D eigenvalue weighted by Gasteiger charge is -2.19. The van der Waals surface area contributed by atoms with E-state index in [0.717, 1.165) is 11.4 Å². The lowest BCUT2D eigenvalue weighted by atomic mass is 10.1. The van der Waals surface area contributed by atoms with Crippen molar-refractivity contribution in [3.63, 3.8) is 0 Å². The zero-order valence-corrected chi connectivity index (χ0v) is 15.9. The third-order valence-corrected chi connectivity index (χ3v) is 4.22. The third kappa shape index (κ3) is 5.24. The number of hydrogen-bond acceptors (Lipinski definition) is 2. The standard InChI is InChI=1S/C20H26N2OS/c1-13-6-7-15(3)19(10-13)22-20(24)21-17(5)12-23-18-9-8-14(2)16(4)11-18/h6-11,17H,12H2,1-5H3,(H2,21,22,24)/t17-/m1/s1. The summed E-state index contributed by atoms with van der Waals surface area (Å²) in [5.74, 6) is 0.889. The van der Waals surface area contributed by atoms with Crippen LogP contribution < -0.4 is 15.4 Å². The smallest absolute Gasteiger partial charge is 0.171 e. The van der Waals surface area contributed by atoms with Gasteiger partial charge in [-0.05, 0) is 87.3 Å². The van der Waals surface area contributed by atoms with Crippen LogP contribution >= 0.6 is 12.2 Å². The molecule has 0 fully saturated rings. The minimum Gasteiger partial charge on any atom is -0.491 e. The van der Waals surface area contributed by atoms with Gasteiger partial charge in [0.1, 0.15) is 12.4 Å². The molecule has 2 rings (SSSR count). The molecule has 0 spiro atoms. The van der Waals surface area contributed by atoms with Crippen molar-refractivity contribution in [1.82, 2.24) is 5.32 Å². The van der Waals surface area contributed by atoms with E-state index in [1.54, 1.807) is 0 Å². The van der Waals surface area contributed by atoms with E-state index in [4.69, 9.17) is 17.0 Å². The first-order chi connectivity index (χ1) is 11.3. The Hall–Kier alpha value is -2.07. The quantitative estimate of drug-likeness (QED) is 0.773. The van der Waals surface area contributed by atoms with Gasteiger partial charge in [0.25, 0.3) is 0 Å². The Balaban J connectivity index is 1.85. The van der Waals surface area contributed by atoms with E-state index in [1.165, 1.54) is 22.3 Å². The van der Waals surface area contributed by atoms with Crippen LogP contribution in [0.4, 0.5) is 5.69 Å². The lowest BCUT2D eigenvalue weighted by molar-refractivity contribution is 0.287. The van der Waals surface area contributed by atoms with Crippen molar-refractivity contribution in [2.45, 2.75) is 40.7 Å². The molecular formula is C20H26N2OS. The zero-order valence-electron chi connectivity index (χ0n) is 15.1. The first-order valence-electron chi connectivity index (χ1n) is 8.20. The Morgan fingerprint density at radius 1 is 1.00 bits per heavy atom. The van der Waals surface area contributed by atoms with Gasteiger partial charge in [0, 0.05) is 5.69 Å². The Morgan fingerprint density at radius 2 is 1.71 bits per heavy atom. The molecule has 2 N–H and O–H groups in total. The van der Waals surface area contributed by atoms with Crippen LogP contribution in [0.3, 0.4) is 0 Å². The van der Waals surface area contributed by atoms with E-state index in [2.05, 4.69) is 75.6 Å². The van der Waals surface area contributed by atoms with Crippen LogP contribution in [0.1, 0.15) is 29.2 Å². The highest BCUT2D eigenvalue weighted by molar-refractivity contribution is 7.80. The summed E-state index contributed by atoms with van der Waals surface area (Å²) >= 11 is 5.41. The number of hydrogen-bond donors (Lipinski definition) is 2. The molecule has 0 aromatic heterocycles. The summed E-state index contributed by atoms with van der Waals surface area (Å²) in [4.78, 5) is 0. The first kappa shape index (κ1) is 18.3. The molecule has 0 amide bonds. The molecule has 3 nitrogen and oxygen atoms in total. The van der Waals surface area contributed by atoms with Crippen molar-refractivity contribution in [3.05, 3.63) is 58.7 Å². The van der Waals surface area contributed by atoms with Gasteiger partial charge in [-0.25, -0.2) is 0 Å². The Kier molecular flexibility index (Phi) is 6.21. The molecule has 0 saturated carbocycles. The number of rotatable bonds is 5. The third-order valence-electron chi connectivity index (χ3n) is 4.00. The van der Waals surface area contributed by atoms with E-state index in [-0.39, 0.29) is 6.04 Å². The van der Waals surface area contributed by atoms with Crippen molar-refractivity contribution in [1.29, 1.82) is 0 Å². The van der Waals surface area contributed by atoms with Gasteiger partial charge in [0.05, 0.1) is 6.04 Å². The minimum atomic E-state index is 0.108. The molecule has 0 saturated heterocycles. The summed E-state index contributed by atoms with van der Waals surface area (Å²) in [6.07, 6.45) is 0. The fourth-order valence-corrected chi connectivity index (χ4v) is 2.63. The van der Waals surface area contributed by atoms with Crippen molar-refractivity contribution in [3.8, 4) is 5.75 Å². The molecule has 4 heteroatoms. The molecule has 0 unspecified atom stereocenters. The molecule has 1 atom stereocenters. The fraction of sp³-hybridized carbons (Fsp3) is 0.350. The zero-order chi connectivity index (χ0) is 17.7. The number of anilines is 1. The second-order valence-corrected chi connectivity index (χ2v) is 6.78. The van der Waals surface area contributed by atoms with E-state index in [0.29, 0.717) is 11.7 Å². The normalized spacial score (nSPS) is 11.7. The lowest BCUT2D eigenvalue weighted by Crippen LogP contribution is -2.39. The van der Waals surface area contributed by atoms with Gasteiger partial charge in [-0.15, -0.1) is 0 Å². The monoisotopic (exact) mass is 342 g/mol. The van der Waals surface area contributed by atoms with Crippen LogP contribution in [-0.2, 0) is 0 Å². The van der Waals surface area contributed by atoms with Crippen molar-refractivity contribution < 1.29 is 4.74 Å². The maximum atomic E-state index is 5.85. The summed E-state index contributed by atoms with van der Waals surface area (Å²) in [6.45, 7) is 10.9. The molecule has 0 bridgehead atoms. The maximum Gasteiger partial charge on any atom is 0.171 e. The molecular weight excluding hydrogens is 316 g/mol. The highest BCUT2D eigenvalue weighted by Crippen LogP contribution is 2.17. The van der Waals surface area contributed by atoms with Gasteiger partial charge in [0.2, 0.25) is 0 Å². The highest BCUT2D eigenvalue weighted by Gasteiger charge is 2.07. The molecule has 2 aromatic rings. The predicted molar refractivity (Wildman–Crippen MR) is 106 cm³/mol. The van der Waals surface area contributed by atoms with Gasteiger partial charge in [-0.2, -0.15) is 0 Å². The van der Waals surface area contributed by atoms with Crippen LogP contribution in [0.25, 0.3) is 0 Å². The summed E-state index contributed by atoms with van der Waals surface area (Å²) in [5, 5.41) is 7.14. The average molecular weight is 343 g/mol. The molecule has 128 valence electrons. The van der Waals surface area contributed by atoms with Crippen molar-refractivity contribution in [2.24, 2.45) is 0 Å². The number of aryl methyl sites for hydroxylation is 4. The summed E-state index contributed by atoms with van der Waals surface area (Å²) in [7, 11) is 0. The van der Waals surface area contributed by atoms with Gasteiger partial charge >= 0.3 is 0 Å². The molecule has 24 heavy (non-hydrogen) atoms. The van der Waals surface area contributed by atoms with Crippen molar-refractivity contribution in [2.75, 3.05) is 11.9 Å². The molecule has 0 aliphatic heterocycles. The number of nitrogens with one attached hydrogen (secondary N) is 2. The summed E-state index contributed by atoms with van der Waals surface area (Å²) in [5.41, 5.74) is 5.92. The van der Waals surface area contributed by atoms with E-state index in [9.17, 15) is 0 Å². The average Bonchev–Trinajstić information content (AvgIpc) is 2.52. The minimum absolute atomic E-state index is 0.108. The van der Waals surface area contributed by atoms with Gasteiger partial charge < -0.3 is 15.4 Å². The fourth-order valence-electron chi connectivity index (χ4n) is 2.32. The largest absolute Gasteiger partial charge is 0.491 e. The molecule has 2 aromatic carbocycles. The van der Waals surface area contributed by atoms with Crippen LogP contribution in [0.2, 0.25) is 0 Å². The van der Waals surface area contributed by atoms with Gasteiger partial charge in [0.15, 0.2) is 5.11 Å². The second-order valence-electron chi connectivity index (χ2n) is 6.37. The summed E-state index contributed by atoms with van der Waals surface area (Å²) < 4.78 is 5.85. The number of ether oxygens (including phenoxy) is 1. The van der Waals surface area contributed by atoms with Gasteiger partial charge in [-0.1, -0.05) is 18.2 Å². The topological polar surface area (TPSA) is 33.3 Å². The van der Waals surface area contributed by atoms with Crippen LogP contribution in [0, 0.1) is 27.7 Å². The SMILES string of the molecule is Cc1ccc(C)c(NC(=S)N[C@H](C)COc2ccc(C)c(C)c2)c1. The van der Waals surface area contributed by atoms with Crippen LogP contribution in [0.15, 0.2) is 36.4 Å². The van der Waals surface area contributed by atoms with E-state index < -0.39 is 0 Å². The highest BCUT2D eigenvalue weighted by atomic mass is 32.1. The summed E-state index contributed by atoms with van der Waals surface area (Å²) in [6, 6.07) is 12.5. The molecule has 0 aliphatic rings. The Bertz CT molecular complexity index is 728. The molecule has 0 heterocycles. The first-order valence-corrected chi connectivity index (χ1v) is 8.61. The number of benzene rings is 2. The Morgan fingerprint density at radius 3 is 2.42 bits per heavy atom.